The quantitative estimate of drug-likeness (QED) is 0.0354. The van der Waals surface area contributed by atoms with Gasteiger partial charge < -0.3 is 133 Å². The molecule has 2 fully saturated rings. The molecule has 7 aliphatic heterocycles. The van der Waals surface area contributed by atoms with E-state index in [1.54, 1.807) is 45.0 Å². The third kappa shape index (κ3) is 21.3. The summed E-state index contributed by atoms with van der Waals surface area (Å²) < 4.78 is 39.3. The number of hydrogen-bond acceptors (Lipinski definition) is 29. The lowest BCUT2D eigenvalue weighted by Crippen LogP contribution is -2.72. The van der Waals surface area contributed by atoms with E-state index in [0.29, 0.717) is 17.9 Å². The number of aliphatic carboxylic acids is 1. The maximum Gasteiger partial charge on any atom is 0.330 e. The molecule has 0 spiro atoms. The maximum absolute atomic E-state index is 16.4. The van der Waals surface area contributed by atoms with Gasteiger partial charge in [0.05, 0.1) is 53.4 Å². The molecule has 36 nitrogen and oxygen atoms in total. The molecule has 2 saturated heterocycles. The largest absolute Gasteiger partial charge is 0.512 e. The van der Waals surface area contributed by atoms with Crippen molar-refractivity contribution in [3.8, 4) is 40.2 Å². The molecule has 1 aliphatic carbocycles. The number of amides is 7. The van der Waals surface area contributed by atoms with Gasteiger partial charge in [-0.15, -0.1) is 0 Å². The number of aliphatic hydroxyl groups is 9. The second-order valence-corrected chi connectivity index (χ2v) is 33.4. The fourth-order valence-corrected chi connectivity index (χ4v) is 16.8. The van der Waals surface area contributed by atoms with E-state index in [9.17, 15) is 80.5 Å². The van der Waals surface area contributed by atoms with Gasteiger partial charge in [-0.25, -0.2) is 4.79 Å². The van der Waals surface area contributed by atoms with Crippen molar-refractivity contribution in [2.75, 3.05) is 32.6 Å². The van der Waals surface area contributed by atoms with Crippen molar-refractivity contribution < 1.29 is 133 Å². The minimum atomic E-state index is -2.40. The Kier molecular flexibility index (Phi) is 31.0. The van der Waals surface area contributed by atoms with Gasteiger partial charge in [-0.2, -0.15) is 0 Å². The molecule has 39 heteroatoms. The number of carboxylic acids is 1. The van der Waals surface area contributed by atoms with Gasteiger partial charge in [0.15, 0.2) is 17.4 Å². The highest BCUT2D eigenvalue weighted by molar-refractivity contribution is 8.13. The molecule has 22 N–H and O–H groups in total. The van der Waals surface area contributed by atoms with E-state index in [4.69, 9.17) is 57.4 Å². The molecule has 1 unspecified atom stereocenters. The number of ether oxygens (including phenoxy) is 6. The lowest BCUT2D eigenvalue weighted by atomic mass is 9.79. The molecular weight excluding hydrogens is 1660 g/mol. The van der Waals surface area contributed by atoms with Gasteiger partial charge in [-0.05, 0) is 133 Å². The van der Waals surface area contributed by atoms with E-state index in [-0.39, 0.29) is 46.4 Å². The van der Waals surface area contributed by atoms with E-state index in [2.05, 4.69) is 42.5 Å². The molecular formula is C83H101Cl2N9O27S. The number of aromatic hydroxyl groups is 2. The summed E-state index contributed by atoms with van der Waals surface area (Å²) in [6.45, 7) is 4.77. The predicted molar refractivity (Wildman–Crippen MR) is 436 cm³/mol. The summed E-state index contributed by atoms with van der Waals surface area (Å²) in [5, 5.41) is 162. The van der Waals surface area contributed by atoms with Crippen LogP contribution in [0.1, 0.15) is 161 Å². The summed E-state index contributed by atoms with van der Waals surface area (Å²) in [6, 6.07) is 3.10. The number of carbonyl (C=O) groups is 9. The Hall–Kier alpha value is -9.78. The van der Waals surface area contributed by atoms with Crippen LogP contribution in [0, 0.1) is 5.92 Å². The number of halogens is 2. The number of fused-ring (bicyclic) bond motifs is 15. The Labute approximate surface area is 714 Å². The first-order chi connectivity index (χ1) is 58.0. The second-order valence-electron chi connectivity index (χ2n) is 31.4. The van der Waals surface area contributed by atoms with Gasteiger partial charge in [0.25, 0.3) is 0 Å². The average molecular weight is 1760 g/mol. The minimum absolute atomic E-state index is 0.0340. The Morgan fingerprint density at radius 1 is 0.680 bits per heavy atom. The number of thioether (sulfide) groups is 1. The average Bonchev–Trinajstić information content (AvgIpc) is 0.745. The molecule has 7 amide bonds. The van der Waals surface area contributed by atoms with Crippen LogP contribution in [0.15, 0.2) is 108 Å². The predicted octanol–water partition coefficient (Wildman–Crippen LogP) is 3.03. The first-order valence-corrected chi connectivity index (χ1v) is 41.4. The highest BCUT2D eigenvalue weighted by Gasteiger charge is 2.57. The van der Waals surface area contributed by atoms with E-state index in [1.807, 2.05) is 0 Å². The number of aliphatic hydroxyl groups excluding tert-OH is 9. The number of hydrogen-bond donors (Lipinski definition) is 21. The van der Waals surface area contributed by atoms with Crippen molar-refractivity contribution in [2.45, 2.75) is 213 Å². The van der Waals surface area contributed by atoms with Crippen LogP contribution in [-0.4, -0.2) is 231 Å². The number of nitrogens with two attached hydrogens (primary N) is 1. The van der Waals surface area contributed by atoms with E-state index in [1.165, 1.54) is 37.9 Å². The summed E-state index contributed by atoms with van der Waals surface area (Å²) >= 11 is 15.8. The van der Waals surface area contributed by atoms with Crippen LogP contribution in [-0.2, 0) is 63.9 Å². The highest BCUT2D eigenvalue weighted by atomic mass is 35.5. The SMILES string of the molecule is CNC(=O)[C@@H](CC(C)C)N[C@H]1C(=O)N[C@@H](CC(N)=O)C(=O)N[C@H]2C(=O)N[C@H]3C(=O)N[C@H](C(=O)N[C@@H](C(=O)O)c4cc(O)cc(O)c4C4CC3=CC=C4O)[C@H](O)c3ccc(c(Cl)c3)Oc3cc2cc(c3[C@@H]2O[C@H](CO)[C@@H](O)[C@H](O)[C@H]2O[C@H]2O[C@@H](CO)[C@@H](O)[C@](C)(NCc3cccc(OCCCCCCCCSC(C)=O)c3)[C@@H]2O)Oc2ccc(cc2Cl)[C@H]1O. The second kappa shape index (κ2) is 40.7. The van der Waals surface area contributed by atoms with Crippen LogP contribution < -0.4 is 62.5 Å². The van der Waals surface area contributed by atoms with Crippen LogP contribution in [0.25, 0.3) is 0 Å². The maximum atomic E-state index is 16.4. The van der Waals surface area contributed by atoms with Crippen molar-refractivity contribution in [1.29, 1.82) is 0 Å². The molecule has 5 aromatic carbocycles. The van der Waals surface area contributed by atoms with E-state index < -0.39 is 261 Å². The summed E-state index contributed by atoms with van der Waals surface area (Å²) in [6.07, 6.45) is -16.2. The van der Waals surface area contributed by atoms with Gasteiger partial charge in [-0.1, -0.05) is 105 Å². The number of unbranched alkanes of at least 4 members (excludes halogenated alkanes) is 5. The Morgan fingerprint density at radius 2 is 1.32 bits per heavy atom. The zero-order chi connectivity index (χ0) is 88.5. The van der Waals surface area contributed by atoms with Crippen molar-refractivity contribution in [3.63, 3.8) is 0 Å². The van der Waals surface area contributed by atoms with Gasteiger partial charge >= 0.3 is 5.97 Å². The third-order valence-electron chi connectivity index (χ3n) is 22.2. The van der Waals surface area contributed by atoms with Crippen molar-refractivity contribution >= 4 is 87.4 Å². The summed E-state index contributed by atoms with van der Waals surface area (Å²) in [5.41, 5.74) is 1.88. The molecule has 20 atom stereocenters. The highest BCUT2D eigenvalue weighted by Crippen LogP contribution is 2.51. The van der Waals surface area contributed by atoms with Crippen molar-refractivity contribution in [1.82, 2.24) is 42.5 Å². The Bertz CT molecular complexity index is 4790. The molecule has 0 aromatic heterocycles. The molecule has 7 heterocycles. The minimum Gasteiger partial charge on any atom is -0.512 e. The number of phenolic OH excluding ortho intramolecular Hbond substituents is 2. The molecule has 11 bridgehead atoms. The van der Waals surface area contributed by atoms with Gasteiger partial charge in [0.1, 0.15) is 137 Å². The number of carboxylic acid groups (broad SMARTS) is 1. The molecule has 13 rings (SSSR count). The number of likely N-dealkylation sites (N-methyl/N-ethyl adjacent to an activating group) is 1. The van der Waals surface area contributed by atoms with Crippen LogP contribution in [0.5, 0.6) is 40.2 Å². The molecule has 5 aromatic rings. The monoisotopic (exact) mass is 1760 g/mol. The molecule has 8 aliphatic rings. The summed E-state index contributed by atoms with van der Waals surface area (Å²) in [5.74, 6) is -15.5. The number of carbonyl (C=O) groups excluding carboxylic acids is 8. The van der Waals surface area contributed by atoms with E-state index in [0.717, 1.165) is 105 Å². The van der Waals surface area contributed by atoms with Crippen molar-refractivity contribution in [2.24, 2.45) is 11.7 Å². The van der Waals surface area contributed by atoms with Gasteiger partial charge in [0, 0.05) is 43.8 Å². The number of nitrogens with one attached hydrogen (secondary N) is 8. The molecule has 0 radical (unpaired) electrons. The van der Waals surface area contributed by atoms with E-state index >= 15 is 24.0 Å². The number of rotatable bonds is 26. The number of benzene rings is 5. The number of phenols is 2. The fraction of sp³-hybridized carbons (Fsp3) is 0.482. The molecule has 122 heavy (non-hydrogen) atoms. The smallest absolute Gasteiger partial charge is 0.330 e. The third-order valence-corrected chi connectivity index (χ3v) is 23.7. The summed E-state index contributed by atoms with van der Waals surface area (Å²) in [7, 11) is 1.32. The van der Waals surface area contributed by atoms with Crippen molar-refractivity contribution in [3.05, 3.63) is 157 Å². The fourth-order valence-electron chi connectivity index (χ4n) is 15.7. The zero-order valence-electron chi connectivity index (χ0n) is 66.9. The lowest BCUT2D eigenvalue weighted by molar-refractivity contribution is -0.341. The van der Waals surface area contributed by atoms with Crippen LogP contribution >= 0.6 is 35.0 Å². The Morgan fingerprint density at radius 3 is 1.94 bits per heavy atom. The Balaban J connectivity index is 1.09. The first-order valence-electron chi connectivity index (χ1n) is 39.7. The number of primary amides is 1. The standard InChI is InChI=1S/C83H101Cl2N9O27S/c1-36(2)23-49(75(108)87-5)89-65-67(102)40-16-19-53(47(84)26-40)117-55-28-42-29-56(61(55)71-72(70(105)69(104)57(34-95)119-71)121-82-74(107)83(4,73(106)58(35-96)120-82)88-33-38-13-12-14-44(24-38)116-21-10-8-6-7-9-11-22-122-37(3)97)118-54-20-17-41(27-48(54)85)68(103)66-80(113)93-64(81(114)115)46-30-43(98)31-52(100)60(46)45-25-39(15-18-51(45)99)62(77(110)94-66)92-78(111)63(42)91-76(109)50(32-59(86)101)90-79(65)112/h12-20,24,26-31,36,45,49-50,57-58,62-74,82,88-89,95-96,98-100,102-107H,6-11,21-23,25,32-35H2,1-5H3,(H2,86,101)(H,87,108)(H,90,112)(H,91,109)(H,92,111)(H,93,113)(H,94,110)(H,114,115)/t45?,49-,50+,57-,58+,62-,63-,64-,65-,66+,67-,68-,69-,70+,71+,72-,73-,74-,82-,83+/m1/s1. The van der Waals surface area contributed by atoms with Crippen LogP contribution in [0.3, 0.4) is 0 Å². The molecule has 0 saturated carbocycles. The van der Waals surface area contributed by atoms with Gasteiger partial charge in [-0.3, -0.25) is 43.7 Å². The number of allylic oxidation sites excluding steroid dienone is 3. The molecule has 660 valence electrons. The lowest BCUT2D eigenvalue weighted by Gasteiger charge is -2.51. The normalized spacial score (nSPS) is 28.3. The van der Waals surface area contributed by atoms with Crippen LogP contribution in [0.4, 0.5) is 0 Å². The first kappa shape index (κ1) is 92.9. The van der Waals surface area contributed by atoms with Crippen LogP contribution in [0.2, 0.25) is 10.0 Å². The topological polar surface area (TPSA) is 574 Å². The summed E-state index contributed by atoms with van der Waals surface area (Å²) in [4.78, 5) is 130. The zero-order valence-corrected chi connectivity index (χ0v) is 69.2. The van der Waals surface area contributed by atoms with Gasteiger partial charge in [0.2, 0.25) is 41.4 Å².